The quantitative estimate of drug-likeness (QED) is 0.0494. The molecule has 0 fully saturated rings. The van der Waals surface area contributed by atoms with E-state index in [4.69, 9.17) is 9.47 Å². The van der Waals surface area contributed by atoms with Crippen molar-refractivity contribution in [3.63, 3.8) is 0 Å². The minimum Gasteiger partial charge on any atom is -0.465 e. The van der Waals surface area contributed by atoms with Crippen molar-refractivity contribution < 1.29 is 24.2 Å². The van der Waals surface area contributed by atoms with E-state index in [2.05, 4.69) is 32.6 Å². The van der Waals surface area contributed by atoms with Crippen LogP contribution in [0.3, 0.4) is 0 Å². The lowest BCUT2D eigenvalue weighted by Crippen LogP contribution is -2.28. The van der Waals surface area contributed by atoms with Gasteiger partial charge in [-0.05, 0) is 95.7 Å². The Bertz CT molecular complexity index is 761. The van der Waals surface area contributed by atoms with Crippen molar-refractivity contribution in [2.75, 3.05) is 39.5 Å². The topological polar surface area (TPSA) is 76.1 Å². The fourth-order valence-electron chi connectivity index (χ4n) is 7.50. The highest BCUT2D eigenvalue weighted by Gasteiger charge is 2.15. The van der Waals surface area contributed by atoms with Gasteiger partial charge in [0.15, 0.2) is 0 Å². The number of carbonyl (C=O) groups is 2. The lowest BCUT2D eigenvalue weighted by molar-refractivity contribution is -0.146. The Balaban J connectivity index is 4.51. The van der Waals surface area contributed by atoms with Crippen LogP contribution < -0.4 is 0 Å². The number of nitrogens with zero attached hydrogens (tertiary/aromatic N) is 1. The summed E-state index contributed by atoms with van der Waals surface area (Å²) in [5.74, 6) is 0.938. The van der Waals surface area contributed by atoms with Crippen LogP contribution >= 0.6 is 0 Å². The summed E-state index contributed by atoms with van der Waals surface area (Å²) in [4.78, 5) is 27.8. The number of ether oxygens (including phenoxy) is 2. The second-order valence-electron chi connectivity index (χ2n) is 16.4. The first-order valence-corrected chi connectivity index (χ1v) is 23.6. The number of carbonyl (C=O) groups excluding carboxylic acids is 2. The highest BCUT2D eigenvalue weighted by atomic mass is 16.5. The zero-order valence-corrected chi connectivity index (χ0v) is 36.3. The van der Waals surface area contributed by atoms with Gasteiger partial charge in [0.2, 0.25) is 0 Å². The Morgan fingerprint density at radius 3 is 1.06 bits per heavy atom. The standard InChI is InChI=1S/C47H93NO5/c1-5-9-13-17-20-24-34-44(32-22-16-12-8-4)42-52-46(50)36-26-28-38-48(40-30-31-41-49)39-29-27-37-47(51)53-43-45(33-23-19-15-11-7-3)35-25-21-18-14-10-6-2/h44-45,49H,5-43H2,1-4H3. The molecule has 316 valence electrons. The average Bonchev–Trinajstić information content (AvgIpc) is 3.16. The largest absolute Gasteiger partial charge is 0.465 e. The van der Waals surface area contributed by atoms with Gasteiger partial charge in [-0.2, -0.15) is 0 Å². The molecule has 53 heavy (non-hydrogen) atoms. The van der Waals surface area contributed by atoms with E-state index in [0.29, 0.717) is 37.9 Å². The van der Waals surface area contributed by atoms with E-state index >= 15 is 0 Å². The lowest BCUT2D eigenvalue weighted by atomic mass is 9.95. The van der Waals surface area contributed by atoms with E-state index in [1.807, 2.05) is 0 Å². The molecule has 2 atom stereocenters. The van der Waals surface area contributed by atoms with Crippen molar-refractivity contribution in [2.24, 2.45) is 11.8 Å². The maximum atomic E-state index is 12.7. The van der Waals surface area contributed by atoms with Gasteiger partial charge in [-0.25, -0.2) is 0 Å². The van der Waals surface area contributed by atoms with Gasteiger partial charge in [0.05, 0.1) is 13.2 Å². The van der Waals surface area contributed by atoms with E-state index in [1.54, 1.807) is 0 Å². The molecule has 0 heterocycles. The van der Waals surface area contributed by atoms with E-state index in [1.165, 1.54) is 161 Å². The summed E-state index contributed by atoms with van der Waals surface area (Å²) in [6, 6.07) is 0. The monoisotopic (exact) mass is 752 g/mol. The number of rotatable bonds is 43. The molecule has 0 bridgehead atoms. The van der Waals surface area contributed by atoms with Crippen LogP contribution in [-0.4, -0.2) is 61.4 Å². The van der Waals surface area contributed by atoms with E-state index in [9.17, 15) is 14.7 Å². The zero-order valence-electron chi connectivity index (χ0n) is 36.3. The van der Waals surface area contributed by atoms with Gasteiger partial charge in [-0.15, -0.1) is 0 Å². The first kappa shape index (κ1) is 51.9. The summed E-state index contributed by atoms with van der Waals surface area (Å²) < 4.78 is 11.7. The summed E-state index contributed by atoms with van der Waals surface area (Å²) in [6.45, 7) is 13.3. The van der Waals surface area contributed by atoms with Crippen LogP contribution in [-0.2, 0) is 19.1 Å². The van der Waals surface area contributed by atoms with Gasteiger partial charge in [0, 0.05) is 19.4 Å². The van der Waals surface area contributed by atoms with Gasteiger partial charge in [-0.1, -0.05) is 163 Å². The smallest absolute Gasteiger partial charge is 0.305 e. The third-order valence-electron chi connectivity index (χ3n) is 11.2. The normalized spacial score (nSPS) is 12.7. The first-order chi connectivity index (χ1) is 26.0. The molecule has 0 aliphatic carbocycles. The van der Waals surface area contributed by atoms with Gasteiger partial charge in [-0.3, -0.25) is 9.59 Å². The molecule has 0 aliphatic rings. The minimum absolute atomic E-state index is 0.0376. The highest BCUT2D eigenvalue weighted by Crippen LogP contribution is 2.21. The predicted molar refractivity (Wildman–Crippen MR) is 227 cm³/mol. The van der Waals surface area contributed by atoms with Crippen molar-refractivity contribution in [1.29, 1.82) is 0 Å². The van der Waals surface area contributed by atoms with Crippen LogP contribution in [0.4, 0.5) is 0 Å². The predicted octanol–water partition coefficient (Wildman–Crippen LogP) is 13.6. The fourth-order valence-corrected chi connectivity index (χ4v) is 7.50. The number of unbranched alkanes of at least 4 members (excludes halogenated alkanes) is 20. The second-order valence-corrected chi connectivity index (χ2v) is 16.4. The number of hydrogen-bond acceptors (Lipinski definition) is 6. The minimum atomic E-state index is -0.0393. The van der Waals surface area contributed by atoms with E-state index in [-0.39, 0.29) is 18.5 Å². The Kier molecular flexibility index (Phi) is 41.1. The molecule has 6 heteroatoms. The second kappa shape index (κ2) is 42.0. The average molecular weight is 752 g/mol. The summed E-state index contributed by atoms with van der Waals surface area (Å²) in [5, 5.41) is 9.32. The fraction of sp³-hybridized carbons (Fsp3) is 0.957. The number of esters is 2. The molecule has 0 radical (unpaired) electrons. The molecule has 0 aliphatic heterocycles. The van der Waals surface area contributed by atoms with Gasteiger partial charge >= 0.3 is 11.9 Å². The number of aliphatic hydroxyl groups is 1. The molecule has 0 aromatic carbocycles. The molecule has 6 nitrogen and oxygen atoms in total. The van der Waals surface area contributed by atoms with Gasteiger partial charge < -0.3 is 19.5 Å². The summed E-state index contributed by atoms with van der Waals surface area (Å²) in [7, 11) is 0. The van der Waals surface area contributed by atoms with Crippen molar-refractivity contribution in [3.05, 3.63) is 0 Å². The lowest BCUT2D eigenvalue weighted by Gasteiger charge is -2.22. The van der Waals surface area contributed by atoms with Crippen LogP contribution in [0.1, 0.15) is 240 Å². The SMILES string of the molecule is CCCCCCCCC(CCCCCC)COC(=O)CCCCN(CCCCO)CCCCC(=O)OCC(CCCCCCC)CCCCCCCC. The van der Waals surface area contributed by atoms with Crippen LogP contribution in [0.15, 0.2) is 0 Å². The number of aliphatic hydroxyl groups excluding tert-OH is 1. The van der Waals surface area contributed by atoms with Crippen molar-refractivity contribution in [3.8, 4) is 0 Å². The molecule has 2 unspecified atom stereocenters. The molecule has 0 rings (SSSR count). The van der Waals surface area contributed by atoms with Crippen molar-refractivity contribution in [2.45, 2.75) is 240 Å². The van der Waals surface area contributed by atoms with E-state index < -0.39 is 0 Å². The molecule has 0 aromatic heterocycles. The van der Waals surface area contributed by atoms with Gasteiger partial charge in [0.25, 0.3) is 0 Å². The third-order valence-corrected chi connectivity index (χ3v) is 11.2. The maximum Gasteiger partial charge on any atom is 0.305 e. The summed E-state index contributed by atoms with van der Waals surface area (Å²) in [5.41, 5.74) is 0. The molecule has 0 saturated heterocycles. The Hall–Kier alpha value is -1.14. The highest BCUT2D eigenvalue weighted by molar-refractivity contribution is 5.69. The molecular weight excluding hydrogens is 659 g/mol. The summed E-state index contributed by atoms with van der Waals surface area (Å²) >= 11 is 0. The molecule has 0 aromatic rings. The Morgan fingerprint density at radius 1 is 0.415 bits per heavy atom. The van der Waals surface area contributed by atoms with Crippen molar-refractivity contribution >= 4 is 11.9 Å². The van der Waals surface area contributed by atoms with Crippen LogP contribution in [0.25, 0.3) is 0 Å². The first-order valence-electron chi connectivity index (χ1n) is 23.6. The third kappa shape index (κ3) is 37.6. The molecule has 0 saturated carbocycles. The van der Waals surface area contributed by atoms with Crippen molar-refractivity contribution in [1.82, 2.24) is 4.90 Å². The van der Waals surface area contributed by atoms with Gasteiger partial charge in [0.1, 0.15) is 0 Å². The molecule has 1 N–H and O–H groups in total. The van der Waals surface area contributed by atoms with Crippen LogP contribution in [0.5, 0.6) is 0 Å². The maximum absolute atomic E-state index is 12.7. The van der Waals surface area contributed by atoms with Crippen LogP contribution in [0.2, 0.25) is 0 Å². The summed E-state index contributed by atoms with van der Waals surface area (Å²) in [6.07, 6.45) is 38.4. The number of hydrogen-bond donors (Lipinski definition) is 1. The Morgan fingerprint density at radius 2 is 0.717 bits per heavy atom. The Labute approximate surface area is 331 Å². The molecular formula is C47H93NO5. The van der Waals surface area contributed by atoms with Crippen LogP contribution in [0, 0.1) is 11.8 Å². The van der Waals surface area contributed by atoms with E-state index in [0.717, 1.165) is 58.2 Å². The zero-order chi connectivity index (χ0) is 38.9. The molecule has 0 spiro atoms. The molecule has 0 amide bonds.